The number of benzene rings is 1. The van der Waals surface area contributed by atoms with Crippen LogP contribution in [0.1, 0.15) is 6.92 Å². The predicted octanol–water partition coefficient (Wildman–Crippen LogP) is 2.65. The van der Waals surface area contributed by atoms with E-state index in [4.69, 9.17) is 0 Å². The molecule has 116 valence electrons. The highest BCUT2D eigenvalue weighted by molar-refractivity contribution is 5.99. The number of nitrogens with zero attached hydrogens (tertiary/aromatic N) is 1. The van der Waals surface area contributed by atoms with Gasteiger partial charge in [0, 0.05) is 0 Å². The minimum atomic E-state index is -4.85. The van der Waals surface area contributed by atoms with Gasteiger partial charge in [0.05, 0.1) is 12.3 Å². The number of rotatable bonds is 3. The number of carbonyl (C=O) groups excluding carboxylic acids is 2. The largest absolute Gasteiger partial charge is 0.573 e. The van der Waals surface area contributed by atoms with Gasteiger partial charge in [-0.1, -0.05) is 0 Å². The summed E-state index contributed by atoms with van der Waals surface area (Å²) in [6, 6.07) is 2.54. The molecule has 0 radical (unpaired) electrons. The Bertz CT molecular complexity index is 504. The van der Waals surface area contributed by atoms with Crippen molar-refractivity contribution in [3.05, 3.63) is 24.3 Å². The molecule has 0 atom stereocenters. The van der Waals surface area contributed by atoms with Gasteiger partial charge in [0.2, 0.25) is 0 Å². The maximum absolute atomic E-state index is 11.9. The summed E-state index contributed by atoms with van der Waals surface area (Å²) in [7, 11) is 0. The summed E-state index contributed by atoms with van der Waals surface area (Å²) >= 11 is 0. The lowest BCUT2D eigenvalue weighted by Crippen LogP contribution is -2.41. The Hall–Kier alpha value is -2.49. The third-order valence-electron chi connectivity index (χ3n) is 1.99. The van der Waals surface area contributed by atoms with Gasteiger partial charge in [-0.05, 0) is 31.2 Å². The first-order valence-corrected chi connectivity index (χ1v) is 5.55. The number of hydroxylamine groups is 1. The Morgan fingerprint density at radius 2 is 1.86 bits per heavy atom. The first-order valence-electron chi connectivity index (χ1n) is 5.55. The van der Waals surface area contributed by atoms with Crippen LogP contribution in [0.3, 0.4) is 0 Å². The van der Waals surface area contributed by atoms with Crippen LogP contribution in [-0.2, 0) is 4.74 Å². The lowest BCUT2D eigenvalue weighted by molar-refractivity contribution is -0.274. The molecule has 21 heavy (non-hydrogen) atoms. The van der Waals surface area contributed by atoms with E-state index in [-0.39, 0.29) is 17.4 Å². The maximum atomic E-state index is 11.9. The van der Waals surface area contributed by atoms with Crippen LogP contribution in [0, 0.1) is 0 Å². The third kappa shape index (κ3) is 5.57. The molecule has 0 aliphatic rings. The van der Waals surface area contributed by atoms with Gasteiger partial charge in [0.15, 0.2) is 0 Å². The molecule has 10 heteroatoms. The first kappa shape index (κ1) is 16.6. The van der Waals surface area contributed by atoms with Gasteiger partial charge >= 0.3 is 18.5 Å². The average Bonchev–Trinajstić information content (AvgIpc) is 2.37. The molecule has 0 aliphatic carbocycles. The van der Waals surface area contributed by atoms with Crippen LogP contribution in [0.5, 0.6) is 5.75 Å². The molecule has 1 rings (SSSR count). The van der Waals surface area contributed by atoms with Crippen LogP contribution in [0.25, 0.3) is 0 Å². The van der Waals surface area contributed by atoms with Gasteiger partial charge < -0.3 is 9.47 Å². The number of alkyl halides is 3. The molecule has 1 aromatic carbocycles. The Morgan fingerprint density at radius 1 is 1.29 bits per heavy atom. The van der Waals surface area contributed by atoms with Crippen LogP contribution in [0.2, 0.25) is 0 Å². The van der Waals surface area contributed by atoms with Crippen molar-refractivity contribution in [2.24, 2.45) is 0 Å². The van der Waals surface area contributed by atoms with Crippen molar-refractivity contribution in [2.45, 2.75) is 13.3 Å². The van der Waals surface area contributed by atoms with Crippen LogP contribution in [0.15, 0.2) is 24.3 Å². The van der Waals surface area contributed by atoms with Gasteiger partial charge in [-0.15, -0.1) is 13.2 Å². The maximum Gasteiger partial charge on any atom is 0.573 e. The Balaban J connectivity index is 2.68. The zero-order valence-corrected chi connectivity index (χ0v) is 10.7. The molecule has 1 aromatic rings. The molecule has 0 spiro atoms. The highest BCUT2D eigenvalue weighted by Crippen LogP contribution is 2.24. The van der Waals surface area contributed by atoms with Crippen molar-refractivity contribution in [3.8, 4) is 5.75 Å². The van der Waals surface area contributed by atoms with Crippen molar-refractivity contribution >= 4 is 17.8 Å². The van der Waals surface area contributed by atoms with E-state index in [1.54, 1.807) is 5.32 Å². The molecule has 0 fully saturated rings. The average molecular weight is 308 g/mol. The number of alkyl carbamates (subject to hydrolysis) is 1. The molecule has 0 aromatic heterocycles. The molecule has 0 saturated carbocycles. The lowest BCUT2D eigenvalue weighted by Gasteiger charge is -2.15. The van der Waals surface area contributed by atoms with Crippen LogP contribution in [-0.4, -0.2) is 30.3 Å². The van der Waals surface area contributed by atoms with E-state index < -0.39 is 24.2 Å². The van der Waals surface area contributed by atoms with E-state index in [0.717, 1.165) is 24.3 Å². The number of urea groups is 1. The molecule has 0 saturated heterocycles. The molecule has 3 amide bonds. The van der Waals surface area contributed by atoms with Gasteiger partial charge in [-0.25, -0.2) is 14.9 Å². The molecule has 2 N–H and O–H groups in total. The van der Waals surface area contributed by atoms with Gasteiger partial charge in [-0.3, -0.25) is 5.21 Å². The standard InChI is InChI=1S/C11H11F3N2O5/c1-2-20-10(18)15-9(17)16(19)7-3-5-8(6-4-7)21-11(12,13)14/h3-6,19H,2H2,1H3,(H,15,17,18). The molecule has 0 bridgehead atoms. The minimum Gasteiger partial charge on any atom is -0.450 e. The Morgan fingerprint density at radius 3 is 2.33 bits per heavy atom. The third-order valence-corrected chi connectivity index (χ3v) is 1.99. The number of ether oxygens (including phenoxy) is 2. The fourth-order valence-electron chi connectivity index (χ4n) is 1.21. The van der Waals surface area contributed by atoms with Crippen molar-refractivity contribution < 1.29 is 37.4 Å². The van der Waals surface area contributed by atoms with Crippen molar-refractivity contribution in [1.82, 2.24) is 5.32 Å². The number of imide groups is 1. The van der Waals surface area contributed by atoms with E-state index >= 15 is 0 Å². The van der Waals surface area contributed by atoms with Crippen molar-refractivity contribution in [3.63, 3.8) is 0 Å². The number of amides is 3. The van der Waals surface area contributed by atoms with Gasteiger partial charge in [0.1, 0.15) is 5.75 Å². The van der Waals surface area contributed by atoms with Crippen LogP contribution in [0.4, 0.5) is 28.4 Å². The number of nitrogens with one attached hydrogen (secondary N) is 1. The predicted molar refractivity (Wildman–Crippen MR) is 62.9 cm³/mol. The number of anilines is 1. The van der Waals surface area contributed by atoms with Crippen LogP contribution < -0.4 is 15.1 Å². The van der Waals surface area contributed by atoms with E-state index in [2.05, 4.69) is 9.47 Å². The van der Waals surface area contributed by atoms with Crippen LogP contribution >= 0.6 is 0 Å². The van der Waals surface area contributed by atoms with E-state index in [0.29, 0.717) is 0 Å². The van der Waals surface area contributed by atoms with Crippen molar-refractivity contribution in [2.75, 3.05) is 11.7 Å². The highest BCUT2D eigenvalue weighted by atomic mass is 19.4. The number of hydrogen-bond donors (Lipinski definition) is 2. The number of carbonyl (C=O) groups is 2. The molecule has 0 unspecified atom stereocenters. The summed E-state index contributed by atoms with van der Waals surface area (Å²) < 4.78 is 43.9. The summed E-state index contributed by atoms with van der Waals surface area (Å²) in [5.74, 6) is -0.523. The second kappa shape index (κ2) is 6.79. The molecular weight excluding hydrogens is 297 g/mol. The second-order valence-electron chi connectivity index (χ2n) is 3.50. The van der Waals surface area contributed by atoms with Crippen molar-refractivity contribution in [1.29, 1.82) is 0 Å². The minimum absolute atomic E-state index is 0.0218. The summed E-state index contributed by atoms with van der Waals surface area (Å²) in [6.45, 7) is 1.54. The Kier molecular flexibility index (Phi) is 5.36. The zero-order chi connectivity index (χ0) is 16.0. The smallest absolute Gasteiger partial charge is 0.450 e. The monoisotopic (exact) mass is 308 g/mol. The summed E-state index contributed by atoms with van der Waals surface area (Å²) in [4.78, 5) is 22.4. The fourth-order valence-corrected chi connectivity index (χ4v) is 1.21. The molecule has 7 nitrogen and oxygen atoms in total. The van der Waals surface area contributed by atoms with Gasteiger partial charge in [0.25, 0.3) is 0 Å². The topological polar surface area (TPSA) is 88.1 Å². The quantitative estimate of drug-likeness (QED) is 0.662. The lowest BCUT2D eigenvalue weighted by atomic mass is 10.3. The van der Waals surface area contributed by atoms with E-state index in [1.165, 1.54) is 6.92 Å². The second-order valence-corrected chi connectivity index (χ2v) is 3.50. The van der Waals surface area contributed by atoms with E-state index in [9.17, 15) is 28.0 Å². The normalized spacial score (nSPS) is 10.7. The number of halogens is 3. The van der Waals surface area contributed by atoms with E-state index in [1.807, 2.05) is 0 Å². The molecule has 0 aliphatic heterocycles. The summed E-state index contributed by atoms with van der Waals surface area (Å²) in [5.41, 5.74) is -0.175. The molecular formula is C11H11F3N2O5. The molecule has 0 heterocycles. The highest BCUT2D eigenvalue weighted by Gasteiger charge is 2.31. The first-order chi connectivity index (χ1) is 9.73. The zero-order valence-electron chi connectivity index (χ0n) is 10.7. The SMILES string of the molecule is CCOC(=O)NC(=O)N(O)c1ccc(OC(F)(F)F)cc1. The fraction of sp³-hybridized carbons (Fsp3) is 0.273. The van der Waals surface area contributed by atoms with Gasteiger partial charge in [-0.2, -0.15) is 5.06 Å². The summed E-state index contributed by atoms with van der Waals surface area (Å²) in [6.07, 6.45) is -5.92. The summed E-state index contributed by atoms with van der Waals surface area (Å²) in [5, 5.41) is 11.2. The Labute approximate surface area is 116 Å². The number of hydrogen-bond acceptors (Lipinski definition) is 5.